The molecule has 0 aliphatic carbocycles. The van der Waals surface area contributed by atoms with Gasteiger partial charge in [-0.15, -0.1) is 0 Å². The average Bonchev–Trinajstić information content (AvgIpc) is 2.55. The van der Waals surface area contributed by atoms with Crippen molar-refractivity contribution in [2.45, 2.75) is 33.2 Å². The molecule has 1 saturated heterocycles. The minimum Gasteiger partial charge on any atom is -0.496 e. The van der Waals surface area contributed by atoms with Crippen LogP contribution in [-0.4, -0.2) is 49.0 Å². The van der Waals surface area contributed by atoms with E-state index < -0.39 is 0 Å². The topological polar surface area (TPSA) is 32.8 Å². The van der Waals surface area contributed by atoms with Crippen LogP contribution >= 0.6 is 11.6 Å². The van der Waals surface area contributed by atoms with E-state index in [1.165, 1.54) is 0 Å². The van der Waals surface area contributed by atoms with Gasteiger partial charge in [-0.1, -0.05) is 31.9 Å². The number of hydrogen-bond acceptors (Lipinski definition) is 3. The van der Waals surface area contributed by atoms with Gasteiger partial charge in [-0.2, -0.15) is 0 Å². The van der Waals surface area contributed by atoms with E-state index >= 15 is 0 Å². The van der Waals surface area contributed by atoms with E-state index in [4.69, 9.17) is 16.3 Å². The highest BCUT2D eigenvalue weighted by molar-refractivity contribution is 6.30. The molecule has 1 fully saturated rings. The molecule has 1 aliphatic heterocycles. The van der Waals surface area contributed by atoms with Crippen molar-refractivity contribution in [2.75, 3.05) is 33.3 Å². The van der Waals surface area contributed by atoms with E-state index in [2.05, 4.69) is 11.8 Å². The zero-order chi connectivity index (χ0) is 16.8. The minimum atomic E-state index is 0.138. The molecule has 5 heteroatoms. The number of amides is 1. The first kappa shape index (κ1) is 18.1. The monoisotopic (exact) mass is 338 g/mol. The molecule has 0 aromatic heterocycles. The highest BCUT2D eigenvalue weighted by Gasteiger charge is 2.24. The third kappa shape index (κ3) is 4.85. The highest BCUT2D eigenvalue weighted by Crippen LogP contribution is 2.24. The Morgan fingerprint density at radius 2 is 2.00 bits per heavy atom. The molecule has 0 radical (unpaired) electrons. The van der Waals surface area contributed by atoms with Gasteiger partial charge < -0.3 is 9.64 Å². The zero-order valence-corrected chi connectivity index (χ0v) is 15.1. The van der Waals surface area contributed by atoms with E-state index in [0.717, 1.165) is 61.9 Å². The summed E-state index contributed by atoms with van der Waals surface area (Å²) in [5, 5.41) is 0.725. The Hall–Kier alpha value is -1.26. The molecule has 0 N–H and O–H groups in total. The normalized spacial score (nSPS) is 17.1. The molecule has 1 aromatic carbocycles. The van der Waals surface area contributed by atoms with Crippen molar-refractivity contribution in [3.63, 3.8) is 0 Å². The number of piperazine rings is 1. The summed E-state index contributed by atoms with van der Waals surface area (Å²) in [5.41, 5.74) is 1.10. The molecule has 1 heterocycles. The van der Waals surface area contributed by atoms with Gasteiger partial charge in [0.25, 0.3) is 0 Å². The number of methoxy groups -OCH3 is 1. The average molecular weight is 339 g/mol. The molecule has 1 atom stereocenters. The molecule has 1 aliphatic rings. The first-order valence-corrected chi connectivity index (χ1v) is 8.76. The van der Waals surface area contributed by atoms with Gasteiger partial charge in [0.1, 0.15) is 5.75 Å². The second kappa shape index (κ2) is 8.55. The molecule has 2 rings (SSSR count). The van der Waals surface area contributed by atoms with Crippen molar-refractivity contribution in [3.8, 4) is 5.75 Å². The van der Waals surface area contributed by atoms with Crippen LogP contribution in [0, 0.1) is 5.92 Å². The number of benzene rings is 1. The summed E-state index contributed by atoms with van der Waals surface area (Å²) < 4.78 is 5.41. The van der Waals surface area contributed by atoms with E-state index in [1.54, 1.807) is 7.11 Å². The first-order valence-electron chi connectivity index (χ1n) is 8.38. The zero-order valence-electron chi connectivity index (χ0n) is 14.3. The smallest absolute Gasteiger partial charge is 0.225 e. The number of rotatable bonds is 6. The highest BCUT2D eigenvalue weighted by atomic mass is 35.5. The number of carbonyl (C=O) groups is 1. The van der Waals surface area contributed by atoms with Crippen LogP contribution in [-0.2, 0) is 11.3 Å². The number of nitrogens with zero attached hydrogens (tertiary/aromatic N) is 2. The summed E-state index contributed by atoms with van der Waals surface area (Å²) in [4.78, 5) is 16.7. The maximum atomic E-state index is 12.4. The Labute approximate surface area is 144 Å². The molecule has 1 amide bonds. The van der Waals surface area contributed by atoms with Crippen molar-refractivity contribution < 1.29 is 9.53 Å². The summed E-state index contributed by atoms with van der Waals surface area (Å²) in [6, 6.07) is 5.71. The van der Waals surface area contributed by atoms with Crippen LogP contribution in [0.25, 0.3) is 0 Å². The van der Waals surface area contributed by atoms with Gasteiger partial charge in [-0.05, 0) is 24.6 Å². The lowest BCUT2D eigenvalue weighted by atomic mass is 10.0. The summed E-state index contributed by atoms with van der Waals surface area (Å²) in [6.07, 6.45) is 2.03. The first-order chi connectivity index (χ1) is 11.0. The molecule has 0 spiro atoms. The lowest BCUT2D eigenvalue weighted by molar-refractivity contribution is -0.137. The van der Waals surface area contributed by atoms with E-state index in [-0.39, 0.29) is 5.92 Å². The van der Waals surface area contributed by atoms with Crippen molar-refractivity contribution in [2.24, 2.45) is 5.92 Å². The Kier molecular flexibility index (Phi) is 6.72. The lowest BCUT2D eigenvalue weighted by Gasteiger charge is -2.36. The van der Waals surface area contributed by atoms with Crippen LogP contribution in [0.5, 0.6) is 5.75 Å². The Balaban J connectivity index is 1.90. The van der Waals surface area contributed by atoms with Crippen LogP contribution in [0.3, 0.4) is 0 Å². The SMILES string of the molecule is CCC[C@H](C)C(=O)N1CCN(Cc2cc(Cl)ccc2OC)CC1. The summed E-state index contributed by atoms with van der Waals surface area (Å²) >= 11 is 6.09. The fourth-order valence-corrected chi connectivity index (χ4v) is 3.30. The van der Waals surface area contributed by atoms with Crippen molar-refractivity contribution in [1.82, 2.24) is 9.80 Å². The van der Waals surface area contributed by atoms with E-state index in [1.807, 2.05) is 30.0 Å². The predicted molar refractivity (Wildman–Crippen MR) is 93.9 cm³/mol. The van der Waals surface area contributed by atoms with Gasteiger partial charge in [-0.3, -0.25) is 9.69 Å². The molecule has 23 heavy (non-hydrogen) atoms. The lowest BCUT2D eigenvalue weighted by Crippen LogP contribution is -2.49. The van der Waals surface area contributed by atoms with Crippen molar-refractivity contribution >= 4 is 17.5 Å². The minimum absolute atomic E-state index is 0.138. The Bertz CT molecular complexity index is 528. The van der Waals surface area contributed by atoms with Crippen LogP contribution in [0.1, 0.15) is 32.3 Å². The second-order valence-electron chi connectivity index (χ2n) is 6.25. The fraction of sp³-hybridized carbons (Fsp3) is 0.611. The van der Waals surface area contributed by atoms with Gasteiger partial charge in [0.15, 0.2) is 0 Å². The summed E-state index contributed by atoms with van der Waals surface area (Å²) in [5.74, 6) is 1.30. The van der Waals surface area contributed by atoms with Crippen LogP contribution in [0.4, 0.5) is 0 Å². The Morgan fingerprint density at radius 3 is 2.61 bits per heavy atom. The van der Waals surface area contributed by atoms with E-state index in [9.17, 15) is 4.79 Å². The summed E-state index contributed by atoms with van der Waals surface area (Å²) in [7, 11) is 1.68. The Morgan fingerprint density at radius 1 is 1.30 bits per heavy atom. The maximum absolute atomic E-state index is 12.4. The molecule has 0 unspecified atom stereocenters. The standard InChI is InChI=1S/C18H27ClN2O2/c1-4-5-14(2)18(22)21-10-8-20(9-11-21)13-15-12-16(19)6-7-17(15)23-3/h6-7,12,14H,4-5,8-11,13H2,1-3H3/t14-/m0/s1. The molecule has 128 valence electrons. The molecular weight excluding hydrogens is 312 g/mol. The third-order valence-electron chi connectivity index (χ3n) is 4.46. The van der Waals surface area contributed by atoms with Gasteiger partial charge in [0.05, 0.1) is 7.11 Å². The van der Waals surface area contributed by atoms with Crippen LogP contribution in [0.15, 0.2) is 18.2 Å². The number of hydrogen-bond donors (Lipinski definition) is 0. The maximum Gasteiger partial charge on any atom is 0.225 e. The fourth-order valence-electron chi connectivity index (χ4n) is 3.11. The quantitative estimate of drug-likeness (QED) is 0.796. The van der Waals surface area contributed by atoms with Crippen LogP contribution in [0.2, 0.25) is 5.02 Å². The summed E-state index contributed by atoms with van der Waals surface area (Å²) in [6.45, 7) is 8.34. The number of halogens is 1. The van der Waals surface area contributed by atoms with Crippen LogP contribution < -0.4 is 4.74 Å². The largest absolute Gasteiger partial charge is 0.496 e. The van der Waals surface area contributed by atoms with Crippen molar-refractivity contribution in [1.29, 1.82) is 0 Å². The second-order valence-corrected chi connectivity index (χ2v) is 6.68. The van der Waals surface area contributed by atoms with Gasteiger partial charge in [0.2, 0.25) is 5.91 Å². The number of carbonyl (C=O) groups excluding carboxylic acids is 1. The predicted octanol–water partition coefficient (Wildman–Crippen LogP) is 3.43. The van der Waals surface area contributed by atoms with Gasteiger partial charge >= 0.3 is 0 Å². The third-order valence-corrected chi connectivity index (χ3v) is 4.70. The van der Waals surface area contributed by atoms with Crippen molar-refractivity contribution in [3.05, 3.63) is 28.8 Å². The van der Waals surface area contributed by atoms with Gasteiger partial charge in [0, 0.05) is 49.2 Å². The van der Waals surface area contributed by atoms with Gasteiger partial charge in [-0.25, -0.2) is 0 Å². The van der Waals surface area contributed by atoms with E-state index in [0.29, 0.717) is 5.91 Å². The number of ether oxygens (including phenoxy) is 1. The molecular formula is C18H27ClN2O2. The molecule has 4 nitrogen and oxygen atoms in total. The molecule has 0 saturated carbocycles. The molecule has 0 bridgehead atoms. The molecule has 1 aromatic rings.